The van der Waals surface area contributed by atoms with E-state index in [1.165, 1.54) is 0 Å². The summed E-state index contributed by atoms with van der Waals surface area (Å²) in [4.78, 5) is 12.6. The second-order valence-corrected chi connectivity index (χ2v) is 7.16. The monoisotopic (exact) mass is 334 g/mol. The van der Waals surface area contributed by atoms with E-state index in [1.54, 1.807) is 0 Å². The summed E-state index contributed by atoms with van der Waals surface area (Å²) in [6, 6.07) is 8.20. The highest BCUT2D eigenvalue weighted by atomic mass is 79.9. The summed E-state index contributed by atoms with van der Waals surface area (Å²) in [5, 5.41) is 0. The molecule has 1 saturated carbocycles. The zero-order valence-corrected chi connectivity index (χ0v) is 14.1. The highest BCUT2D eigenvalue weighted by Crippen LogP contribution is 2.35. The number of ketones is 1. The summed E-state index contributed by atoms with van der Waals surface area (Å²) < 4.78 is 1.08. The van der Waals surface area contributed by atoms with Crippen LogP contribution in [0.15, 0.2) is 34.8 Å². The predicted octanol–water partition coefficient (Wildman–Crippen LogP) is 5.35. The number of rotatable bonds is 3. The fourth-order valence-electron chi connectivity index (χ4n) is 3.03. The SMILES string of the molecule is CC(C)[C@H]1CC[C@@H](C)C(/C=C/c2ccc(Br)cc2)C1=O. The molecule has 0 aliphatic heterocycles. The largest absolute Gasteiger partial charge is 0.299 e. The molecule has 20 heavy (non-hydrogen) atoms. The lowest BCUT2D eigenvalue weighted by Crippen LogP contribution is -2.35. The topological polar surface area (TPSA) is 17.1 Å². The van der Waals surface area contributed by atoms with Crippen molar-refractivity contribution in [3.05, 3.63) is 40.4 Å². The summed E-state index contributed by atoms with van der Waals surface area (Å²) in [5.41, 5.74) is 1.15. The van der Waals surface area contributed by atoms with Crippen molar-refractivity contribution in [1.82, 2.24) is 0 Å². The van der Waals surface area contributed by atoms with Gasteiger partial charge in [0.25, 0.3) is 0 Å². The second-order valence-electron chi connectivity index (χ2n) is 6.24. The Labute approximate surface area is 130 Å². The van der Waals surface area contributed by atoms with Crippen LogP contribution in [0.5, 0.6) is 0 Å². The Bertz CT molecular complexity index is 487. The van der Waals surface area contributed by atoms with Crippen LogP contribution in [-0.4, -0.2) is 5.78 Å². The molecule has 0 bridgehead atoms. The van der Waals surface area contributed by atoms with Crippen LogP contribution in [0.2, 0.25) is 0 Å². The van der Waals surface area contributed by atoms with Gasteiger partial charge in [-0.1, -0.05) is 61.0 Å². The molecule has 1 unspecified atom stereocenters. The van der Waals surface area contributed by atoms with Crippen molar-refractivity contribution < 1.29 is 4.79 Å². The Morgan fingerprint density at radius 2 is 1.85 bits per heavy atom. The van der Waals surface area contributed by atoms with Gasteiger partial charge < -0.3 is 0 Å². The minimum absolute atomic E-state index is 0.0831. The maximum Gasteiger partial charge on any atom is 0.143 e. The Balaban J connectivity index is 2.13. The smallest absolute Gasteiger partial charge is 0.143 e. The third-order valence-corrected chi connectivity index (χ3v) is 4.94. The molecule has 0 radical (unpaired) electrons. The van der Waals surface area contributed by atoms with Gasteiger partial charge in [-0.2, -0.15) is 0 Å². The molecule has 0 N–H and O–H groups in total. The minimum atomic E-state index is 0.0831. The number of hydrogen-bond donors (Lipinski definition) is 0. The Kier molecular flexibility index (Phi) is 5.20. The van der Waals surface area contributed by atoms with Crippen LogP contribution < -0.4 is 0 Å². The van der Waals surface area contributed by atoms with E-state index in [1.807, 2.05) is 12.1 Å². The molecule has 1 fully saturated rings. The second kappa shape index (κ2) is 6.71. The van der Waals surface area contributed by atoms with E-state index in [4.69, 9.17) is 0 Å². The fourth-order valence-corrected chi connectivity index (χ4v) is 3.29. The Morgan fingerprint density at radius 1 is 1.20 bits per heavy atom. The molecule has 2 rings (SSSR count). The third-order valence-electron chi connectivity index (χ3n) is 4.41. The molecule has 0 aromatic heterocycles. The standard InChI is InChI=1S/C18H23BrO/c1-12(2)16-10-4-13(3)17(18(16)20)11-7-14-5-8-15(19)9-6-14/h5-9,11-13,16-17H,4,10H2,1-3H3/b11-7+/t13-,16-,17?/m1/s1. The van der Waals surface area contributed by atoms with Crippen LogP contribution in [0.25, 0.3) is 6.08 Å². The van der Waals surface area contributed by atoms with Crippen LogP contribution in [0.1, 0.15) is 39.2 Å². The van der Waals surface area contributed by atoms with E-state index in [0.717, 1.165) is 22.9 Å². The molecule has 1 nitrogen and oxygen atoms in total. The number of carbonyl (C=O) groups is 1. The lowest BCUT2D eigenvalue weighted by Gasteiger charge is -2.33. The first-order valence-corrected chi connectivity index (χ1v) is 8.26. The van der Waals surface area contributed by atoms with Crippen molar-refractivity contribution in [2.24, 2.45) is 23.7 Å². The first-order valence-electron chi connectivity index (χ1n) is 7.46. The van der Waals surface area contributed by atoms with Crippen molar-refractivity contribution >= 4 is 27.8 Å². The first kappa shape index (κ1) is 15.5. The van der Waals surface area contributed by atoms with E-state index in [9.17, 15) is 4.79 Å². The van der Waals surface area contributed by atoms with Gasteiger partial charge in [0.15, 0.2) is 0 Å². The normalized spacial score (nSPS) is 27.4. The maximum atomic E-state index is 12.6. The molecule has 3 atom stereocenters. The average Bonchev–Trinajstić information content (AvgIpc) is 2.40. The van der Waals surface area contributed by atoms with Crippen LogP contribution in [0.3, 0.4) is 0 Å². The van der Waals surface area contributed by atoms with Gasteiger partial charge in [0.05, 0.1) is 0 Å². The van der Waals surface area contributed by atoms with Crippen LogP contribution >= 0.6 is 15.9 Å². The summed E-state index contributed by atoms with van der Waals surface area (Å²) in [5.74, 6) is 1.68. The first-order chi connectivity index (χ1) is 9.49. The number of halogens is 1. The third kappa shape index (κ3) is 3.60. The highest BCUT2D eigenvalue weighted by Gasteiger charge is 2.35. The van der Waals surface area contributed by atoms with Gasteiger partial charge in [-0.25, -0.2) is 0 Å². The number of carbonyl (C=O) groups excluding carboxylic acids is 1. The summed E-state index contributed by atoms with van der Waals surface area (Å²) in [6.45, 7) is 6.52. The van der Waals surface area contributed by atoms with Crippen LogP contribution in [0.4, 0.5) is 0 Å². The zero-order chi connectivity index (χ0) is 14.7. The number of allylic oxidation sites excluding steroid dienone is 1. The van der Waals surface area contributed by atoms with Gasteiger partial charge in [0.1, 0.15) is 5.78 Å². The van der Waals surface area contributed by atoms with E-state index in [0.29, 0.717) is 17.6 Å². The molecular weight excluding hydrogens is 312 g/mol. The molecule has 1 aromatic rings. The fraction of sp³-hybridized carbons (Fsp3) is 0.500. The van der Waals surface area contributed by atoms with Crippen molar-refractivity contribution in [2.45, 2.75) is 33.6 Å². The molecule has 1 aliphatic rings. The summed E-state index contributed by atoms with van der Waals surface area (Å²) in [6.07, 6.45) is 6.42. The van der Waals surface area contributed by atoms with Gasteiger partial charge in [0, 0.05) is 16.3 Å². The van der Waals surface area contributed by atoms with Gasteiger partial charge in [0.2, 0.25) is 0 Å². The summed E-state index contributed by atoms with van der Waals surface area (Å²) >= 11 is 3.44. The van der Waals surface area contributed by atoms with E-state index in [2.05, 4.69) is 61.0 Å². The molecular formula is C18H23BrO. The zero-order valence-electron chi connectivity index (χ0n) is 12.5. The molecule has 108 valence electrons. The predicted molar refractivity (Wildman–Crippen MR) is 88.4 cm³/mol. The number of benzene rings is 1. The minimum Gasteiger partial charge on any atom is -0.299 e. The molecule has 0 saturated heterocycles. The molecule has 0 amide bonds. The highest BCUT2D eigenvalue weighted by molar-refractivity contribution is 9.10. The van der Waals surface area contributed by atoms with Crippen molar-refractivity contribution in [1.29, 1.82) is 0 Å². The van der Waals surface area contributed by atoms with Crippen molar-refractivity contribution in [3.63, 3.8) is 0 Å². The maximum absolute atomic E-state index is 12.6. The average molecular weight is 335 g/mol. The number of hydrogen-bond acceptors (Lipinski definition) is 1. The quantitative estimate of drug-likeness (QED) is 0.728. The Morgan fingerprint density at radius 3 is 2.45 bits per heavy atom. The lowest BCUT2D eigenvalue weighted by atomic mass is 9.70. The molecule has 1 aliphatic carbocycles. The van der Waals surface area contributed by atoms with E-state index in [-0.39, 0.29) is 11.8 Å². The van der Waals surface area contributed by atoms with Gasteiger partial charge in [-0.15, -0.1) is 0 Å². The molecule has 0 spiro atoms. The molecule has 2 heteroatoms. The van der Waals surface area contributed by atoms with E-state index < -0.39 is 0 Å². The molecule has 0 heterocycles. The van der Waals surface area contributed by atoms with Crippen LogP contribution in [0, 0.1) is 23.7 Å². The molecule has 1 aromatic carbocycles. The van der Waals surface area contributed by atoms with Crippen molar-refractivity contribution in [2.75, 3.05) is 0 Å². The van der Waals surface area contributed by atoms with Gasteiger partial charge >= 0.3 is 0 Å². The van der Waals surface area contributed by atoms with Crippen LogP contribution in [-0.2, 0) is 4.79 Å². The number of Topliss-reactive ketones (excluding diaryl/α,β-unsaturated/α-hetero) is 1. The Hall–Kier alpha value is -0.890. The van der Waals surface area contributed by atoms with E-state index >= 15 is 0 Å². The lowest BCUT2D eigenvalue weighted by molar-refractivity contribution is -0.130. The van der Waals surface area contributed by atoms with Crippen molar-refractivity contribution in [3.8, 4) is 0 Å². The van der Waals surface area contributed by atoms with Gasteiger partial charge in [-0.05, 0) is 42.4 Å². The summed E-state index contributed by atoms with van der Waals surface area (Å²) in [7, 11) is 0. The van der Waals surface area contributed by atoms with Gasteiger partial charge in [-0.3, -0.25) is 4.79 Å².